The molecule has 0 aromatic carbocycles. The first-order valence-corrected chi connectivity index (χ1v) is 4.47. The summed E-state index contributed by atoms with van der Waals surface area (Å²) in [5.74, 6) is -0.963. The Bertz CT molecular complexity index is 348. The second kappa shape index (κ2) is 5.09. The molecule has 1 amide bonds. The van der Waals surface area contributed by atoms with E-state index >= 15 is 0 Å². The van der Waals surface area contributed by atoms with E-state index in [9.17, 15) is 9.59 Å². The van der Waals surface area contributed by atoms with Crippen LogP contribution in [0.15, 0.2) is 18.3 Å². The summed E-state index contributed by atoms with van der Waals surface area (Å²) < 4.78 is 0. The lowest BCUT2D eigenvalue weighted by molar-refractivity contribution is -0.137. The number of pyridine rings is 1. The molecule has 0 radical (unpaired) electrons. The Hall–Kier alpha value is -1.91. The summed E-state index contributed by atoms with van der Waals surface area (Å²) in [6.45, 7) is 1.84. The van der Waals surface area contributed by atoms with E-state index in [4.69, 9.17) is 5.11 Å². The number of carboxylic acids is 1. The number of carbonyl (C=O) groups is 2. The summed E-state index contributed by atoms with van der Waals surface area (Å²) in [6.07, 6.45) is 1.91. The number of hydrogen-bond donors (Lipinski definition) is 2. The summed E-state index contributed by atoms with van der Waals surface area (Å²) in [5, 5.41) is 11.1. The van der Waals surface area contributed by atoms with Gasteiger partial charge in [-0.3, -0.25) is 14.6 Å². The highest BCUT2D eigenvalue weighted by Gasteiger charge is 2.14. The van der Waals surface area contributed by atoms with Crippen LogP contribution >= 0.6 is 0 Å². The zero-order valence-electron chi connectivity index (χ0n) is 8.30. The lowest BCUT2D eigenvalue weighted by Gasteiger charge is -2.13. The van der Waals surface area contributed by atoms with Crippen molar-refractivity contribution in [3.63, 3.8) is 0 Å². The summed E-state index contributed by atoms with van der Waals surface area (Å²) in [5.41, 5.74) is 1.54. The average Bonchev–Trinajstić information content (AvgIpc) is 2.17. The van der Waals surface area contributed by atoms with E-state index in [0.29, 0.717) is 12.0 Å². The molecule has 1 atom stereocenters. The molecule has 1 rings (SSSR count). The minimum atomic E-state index is -0.963. The van der Waals surface area contributed by atoms with Gasteiger partial charge in [-0.1, -0.05) is 6.07 Å². The van der Waals surface area contributed by atoms with E-state index in [-0.39, 0.29) is 6.42 Å². The smallest absolute Gasteiger partial charge is 0.305 e. The van der Waals surface area contributed by atoms with Crippen LogP contribution in [0.4, 0.5) is 0 Å². The molecule has 0 fully saturated rings. The molecule has 2 N–H and O–H groups in total. The molecule has 80 valence electrons. The fourth-order valence-electron chi connectivity index (χ4n) is 1.22. The van der Waals surface area contributed by atoms with E-state index in [0.717, 1.165) is 5.69 Å². The molecule has 0 spiro atoms. The first-order valence-electron chi connectivity index (χ1n) is 4.47. The number of nitrogens with one attached hydrogen (secondary N) is 1. The monoisotopic (exact) mass is 208 g/mol. The summed E-state index contributed by atoms with van der Waals surface area (Å²) in [6, 6.07) is 3.01. The van der Waals surface area contributed by atoms with E-state index in [2.05, 4.69) is 10.3 Å². The number of aryl methyl sites for hydroxylation is 1. The average molecular weight is 208 g/mol. The Balaban J connectivity index is 2.83. The Morgan fingerprint density at radius 3 is 2.87 bits per heavy atom. The first-order chi connectivity index (χ1) is 7.13. The number of amides is 1. The van der Waals surface area contributed by atoms with Gasteiger partial charge < -0.3 is 10.4 Å². The van der Waals surface area contributed by atoms with Crippen LogP contribution < -0.4 is 5.32 Å². The summed E-state index contributed by atoms with van der Waals surface area (Å²) >= 11 is 0. The molecule has 0 bridgehead atoms. The minimum Gasteiger partial charge on any atom is -0.481 e. The van der Waals surface area contributed by atoms with Crippen LogP contribution in [-0.4, -0.2) is 22.5 Å². The molecule has 0 aliphatic carbocycles. The number of rotatable bonds is 5. The molecule has 0 unspecified atom stereocenters. The largest absolute Gasteiger partial charge is 0.481 e. The lowest BCUT2D eigenvalue weighted by Crippen LogP contribution is -2.22. The van der Waals surface area contributed by atoms with Gasteiger partial charge in [0.25, 0.3) is 0 Å². The van der Waals surface area contributed by atoms with Crippen molar-refractivity contribution < 1.29 is 14.7 Å². The molecule has 0 saturated heterocycles. The fourth-order valence-corrected chi connectivity index (χ4v) is 1.22. The van der Waals surface area contributed by atoms with Gasteiger partial charge in [-0.2, -0.15) is 0 Å². The van der Waals surface area contributed by atoms with Crippen molar-refractivity contribution in [3.05, 3.63) is 29.6 Å². The van der Waals surface area contributed by atoms with E-state index in [1.54, 1.807) is 18.3 Å². The minimum absolute atomic E-state index is 0.149. The normalized spacial score (nSPS) is 11.8. The Labute approximate surface area is 87.1 Å². The van der Waals surface area contributed by atoms with Crippen molar-refractivity contribution >= 4 is 12.4 Å². The van der Waals surface area contributed by atoms with E-state index in [1.165, 1.54) is 0 Å². The van der Waals surface area contributed by atoms with Gasteiger partial charge in [-0.05, 0) is 18.6 Å². The van der Waals surface area contributed by atoms with Crippen molar-refractivity contribution in [2.75, 3.05) is 0 Å². The van der Waals surface area contributed by atoms with Crippen LogP contribution in [0.5, 0.6) is 0 Å². The Kier molecular flexibility index (Phi) is 3.79. The second-order valence-electron chi connectivity index (χ2n) is 3.17. The zero-order valence-corrected chi connectivity index (χ0v) is 8.30. The third kappa shape index (κ3) is 3.38. The van der Waals surface area contributed by atoms with Crippen molar-refractivity contribution in [1.82, 2.24) is 10.3 Å². The first kappa shape index (κ1) is 11.2. The zero-order chi connectivity index (χ0) is 11.3. The van der Waals surface area contributed by atoms with Crippen molar-refractivity contribution in [2.24, 2.45) is 0 Å². The maximum absolute atomic E-state index is 10.5. The molecule has 1 aromatic heterocycles. The fraction of sp³-hybridized carbons (Fsp3) is 0.300. The third-order valence-electron chi connectivity index (χ3n) is 1.98. The van der Waals surface area contributed by atoms with Gasteiger partial charge in [0.15, 0.2) is 0 Å². The van der Waals surface area contributed by atoms with Crippen molar-refractivity contribution in [2.45, 2.75) is 19.4 Å². The molecular weight excluding hydrogens is 196 g/mol. The second-order valence-corrected chi connectivity index (χ2v) is 3.17. The van der Waals surface area contributed by atoms with Gasteiger partial charge in [0, 0.05) is 11.9 Å². The highest BCUT2D eigenvalue weighted by molar-refractivity contribution is 5.68. The van der Waals surface area contributed by atoms with Crippen LogP contribution in [0.2, 0.25) is 0 Å². The number of carbonyl (C=O) groups excluding carboxylic acids is 1. The maximum atomic E-state index is 10.5. The molecule has 5 heteroatoms. The van der Waals surface area contributed by atoms with Crippen molar-refractivity contribution in [1.29, 1.82) is 0 Å². The van der Waals surface area contributed by atoms with Gasteiger partial charge in [0.1, 0.15) is 0 Å². The quantitative estimate of drug-likeness (QED) is 0.696. The molecule has 0 aliphatic rings. The predicted octanol–water partition coefficient (Wildman–Crippen LogP) is 0.652. The van der Waals surface area contributed by atoms with Crippen LogP contribution in [0, 0.1) is 6.92 Å². The highest BCUT2D eigenvalue weighted by Crippen LogP contribution is 2.15. The number of hydrogen-bond acceptors (Lipinski definition) is 3. The molecule has 0 saturated carbocycles. The topological polar surface area (TPSA) is 79.3 Å². The van der Waals surface area contributed by atoms with Crippen LogP contribution in [0.3, 0.4) is 0 Å². The van der Waals surface area contributed by atoms with Gasteiger partial charge in [0.05, 0.1) is 12.5 Å². The predicted molar refractivity (Wildman–Crippen MR) is 53.2 cm³/mol. The lowest BCUT2D eigenvalue weighted by atomic mass is 10.1. The van der Waals surface area contributed by atoms with Gasteiger partial charge in [-0.15, -0.1) is 0 Å². The van der Waals surface area contributed by atoms with Crippen LogP contribution in [0.25, 0.3) is 0 Å². The van der Waals surface area contributed by atoms with Gasteiger partial charge >= 0.3 is 5.97 Å². The van der Waals surface area contributed by atoms with Gasteiger partial charge in [-0.25, -0.2) is 0 Å². The summed E-state index contributed by atoms with van der Waals surface area (Å²) in [4.78, 5) is 24.9. The van der Waals surface area contributed by atoms with Crippen LogP contribution in [-0.2, 0) is 9.59 Å². The number of carboxylic acid groups (broad SMARTS) is 1. The molecule has 1 aromatic rings. The SMILES string of the molecule is Cc1ccc([C@@H](CC(=O)O)NC=O)cn1. The molecule has 1 heterocycles. The van der Waals surface area contributed by atoms with Crippen molar-refractivity contribution in [3.8, 4) is 0 Å². The summed E-state index contributed by atoms with van der Waals surface area (Å²) in [7, 11) is 0. The molecule has 0 aliphatic heterocycles. The standard InChI is InChI=1S/C10H12N2O3/c1-7-2-3-8(5-11-7)9(12-6-13)4-10(14)15/h2-3,5-6,9H,4H2,1H3,(H,12,13)(H,14,15)/t9-/m1/s1. The Morgan fingerprint density at radius 1 is 1.67 bits per heavy atom. The van der Waals surface area contributed by atoms with E-state index in [1.807, 2.05) is 6.92 Å². The van der Waals surface area contributed by atoms with Crippen LogP contribution in [0.1, 0.15) is 23.7 Å². The molecule has 15 heavy (non-hydrogen) atoms. The number of aromatic nitrogens is 1. The molecule has 5 nitrogen and oxygen atoms in total. The number of nitrogens with zero attached hydrogens (tertiary/aromatic N) is 1. The Morgan fingerprint density at radius 2 is 2.40 bits per heavy atom. The maximum Gasteiger partial charge on any atom is 0.305 e. The number of aliphatic carboxylic acids is 1. The highest BCUT2D eigenvalue weighted by atomic mass is 16.4. The molecular formula is C10H12N2O3. The third-order valence-corrected chi connectivity index (χ3v) is 1.98. The van der Waals surface area contributed by atoms with Gasteiger partial charge in [0.2, 0.25) is 6.41 Å². The van der Waals surface area contributed by atoms with E-state index < -0.39 is 12.0 Å².